The third kappa shape index (κ3) is 8.58. The van der Waals surface area contributed by atoms with Crippen LogP contribution in [-0.4, -0.2) is 9.55 Å². The number of hydrogen-bond acceptors (Lipinski definition) is 4. The van der Waals surface area contributed by atoms with Gasteiger partial charge < -0.3 is 26.5 Å². The van der Waals surface area contributed by atoms with E-state index in [0.717, 1.165) is 55.9 Å². The van der Waals surface area contributed by atoms with Crippen LogP contribution < -0.4 is 14.5 Å². The molecule has 1 aliphatic rings. The molecule has 0 bridgehead atoms. The molecule has 0 fully saturated rings. The average Bonchev–Trinajstić information content (AvgIpc) is 3.84. The molecule has 3 heterocycles. The third-order valence-electron chi connectivity index (χ3n) is 12.8. The maximum absolute atomic E-state index is 6.70. The fourth-order valence-corrected chi connectivity index (χ4v) is 8.88. The van der Waals surface area contributed by atoms with Crippen LogP contribution in [0, 0.1) is 26.2 Å². The molecule has 0 N–H and O–H groups in total. The number of hydrogen-bond donors (Lipinski definition) is 0. The maximum atomic E-state index is 6.70. The number of nitrogens with zero attached hydrogens (tertiary/aromatic N) is 4. The van der Waals surface area contributed by atoms with E-state index in [2.05, 4.69) is 234 Å². The van der Waals surface area contributed by atoms with E-state index in [1.54, 1.807) is 0 Å². The minimum absolute atomic E-state index is 0. The smallest absolute Gasteiger partial charge is 0.509 e. The number of pyridine rings is 1. The van der Waals surface area contributed by atoms with Crippen molar-refractivity contribution in [1.82, 2.24) is 9.55 Å². The Kier molecular flexibility index (Phi) is 12.4. The molecule has 0 atom stereocenters. The van der Waals surface area contributed by atoms with Gasteiger partial charge >= 0.3 is 21.1 Å². The number of ether oxygens (including phenoxy) is 1. The van der Waals surface area contributed by atoms with E-state index in [0.29, 0.717) is 11.5 Å². The van der Waals surface area contributed by atoms with E-state index in [-0.39, 0.29) is 44.7 Å². The van der Waals surface area contributed by atoms with E-state index >= 15 is 0 Å². The summed E-state index contributed by atoms with van der Waals surface area (Å²) >= 11 is 0. The summed E-state index contributed by atoms with van der Waals surface area (Å²) in [5.41, 5.74) is 13.2. The molecular formula is C60H56N4OPt. The summed E-state index contributed by atoms with van der Waals surface area (Å²) in [6, 6.07) is 65.6. The van der Waals surface area contributed by atoms with E-state index in [4.69, 9.17) is 9.72 Å². The summed E-state index contributed by atoms with van der Waals surface area (Å²) in [6.07, 6.45) is 1.91. The van der Waals surface area contributed by atoms with Crippen LogP contribution in [-0.2, 0) is 37.3 Å². The zero-order valence-corrected chi connectivity index (χ0v) is 41.5. The van der Waals surface area contributed by atoms with Crippen LogP contribution in [0.15, 0.2) is 170 Å². The van der Waals surface area contributed by atoms with Gasteiger partial charge in [-0.2, -0.15) is 12.1 Å². The first kappa shape index (κ1) is 46.1. The van der Waals surface area contributed by atoms with Crippen LogP contribution in [0.25, 0.3) is 38.8 Å². The molecule has 7 aromatic carbocycles. The molecule has 6 heteroatoms. The van der Waals surface area contributed by atoms with Gasteiger partial charge in [-0.1, -0.05) is 152 Å². The van der Waals surface area contributed by atoms with Crippen molar-refractivity contribution in [2.24, 2.45) is 0 Å². The van der Waals surface area contributed by atoms with Crippen molar-refractivity contribution in [1.29, 1.82) is 0 Å². The fraction of sp³-hybridized carbons (Fsp3) is 0.183. The van der Waals surface area contributed by atoms with Gasteiger partial charge in [0, 0.05) is 45.7 Å². The van der Waals surface area contributed by atoms with Crippen LogP contribution in [0.5, 0.6) is 11.5 Å². The van der Waals surface area contributed by atoms with Gasteiger partial charge in [0.1, 0.15) is 5.82 Å². The number of benzene rings is 7. The first-order chi connectivity index (χ1) is 30.7. The van der Waals surface area contributed by atoms with Crippen molar-refractivity contribution in [2.45, 2.75) is 71.6 Å². The molecule has 0 saturated heterocycles. The molecule has 2 aromatic heterocycles. The molecule has 0 radical (unpaired) electrons. The molecular weight excluding hydrogens is 988 g/mol. The Morgan fingerprint density at radius 2 is 1.20 bits per heavy atom. The number of aromatic nitrogens is 2. The van der Waals surface area contributed by atoms with Crippen LogP contribution in [0.4, 0.5) is 22.7 Å². The van der Waals surface area contributed by atoms with Gasteiger partial charge in [0.2, 0.25) is 0 Å². The van der Waals surface area contributed by atoms with Crippen molar-refractivity contribution < 1.29 is 25.8 Å². The molecule has 0 aliphatic carbocycles. The van der Waals surface area contributed by atoms with Crippen LogP contribution in [0.2, 0.25) is 0 Å². The molecule has 0 saturated carbocycles. The summed E-state index contributed by atoms with van der Waals surface area (Å²) in [6.45, 7) is 20.3. The Bertz CT molecular complexity index is 3180. The monoisotopic (exact) mass is 1040 g/mol. The predicted octanol–water partition coefficient (Wildman–Crippen LogP) is 16.0. The SMILES string of the molecule is CC(C)(C)c1ccnc(-n2c3[c-]c(Oc4[c-]c(N5[CH-]N(c6cccc(C(C)(C)c7ccccc7)c6)c6cc(C(C)(C)C)ccc65)ccc4)ccc3c3cc(-c4ccccc4)ccc32)c1.[CH3-].[Pt+4]. The van der Waals surface area contributed by atoms with E-state index < -0.39 is 0 Å². The van der Waals surface area contributed by atoms with Crippen LogP contribution in [0.1, 0.15) is 77.6 Å². The molecule has 10 rings (SSSR count). The summed E-state index contributed by atoms with van der Waals surface area (Å²) in [5, 5.41) is 2.21. The largest absolute Gasteiger partial charge is 4.00 e. The summed E-state index contributed by atoms with van der Waals surface area (Å²) in [7, 11) is 0. The van der Waals surface area contributed by atoms with Gasteiger partial charge in [-0.05, 0) is 92.1 Å². The Labute approximate surface area is 406 Å². The van der Waals surface area contributed by atoms with Crippen molar-refractivity contribution in [3.05, 3.63) is 218 Å². The average molecular weight is 1040 g/mol. The third-order valence-corrected chi connectivity index (χ3v) is 12.8. The van der Waals surface area contributed by atoms with E-state index in [1.807, 2.05) is 24.4 Å². The second-order valence-electron chi connectivity index (χ2n) is 19.5. The van der Waals surface area contributed by atoms with Gasteiger partial charge in [-0.15, -0.1) is 48.1 Å². The normalized spacial score (nSPS) is 12.8. The quantitative estimate of drug-likeness (QED) is 0.142. The van der Waals surface area contributed by atoms with Gasteiger partial charge in [0.25, 0.3) is 0 Å². The Balaban J connectivity index is 0.00000296. The van der Waals surface area contributed by atoms with E-state index in [9.17, 15) is 0 Å². The maximum Gasteiger partial charge on any atom is 4.00 e. The van der Waals surface area contributed by atoms with Gasteiger partial charge in [-0.3, -0.25) is 0 Å². The number of anilines is 4. The molecule has 0 amide bonds. The van der Waals surface area contributed by atoms with Crippen molar-refractivity contribution in [3.63, 3.8) is 0 Å². The Morgan fingerprint density at radius 3 is 1.94 bits per heavy atom. The van der Waals surface area contributed by atoms with Crippen molar-refractivity contribution in [3.8, 4) is 28.4 Å². The topological polar surface area (TPSA) is 33.5 Å². The standard InChI is InChI=1S/C59H53N4O.CH3.Pt/c1-57(2,3)43-26-30-53-55(35-43)62(46-22-15-21-45(34-46)59(7,8)42-19-13-10-14-20-42)39-61(53)47-23-16-24-48(37-47)64-49-27-28-50-51-33-41(40-17-11-9-12-18-40)25-29-52(51)63(54(50)38-49)56-36-44(31-32-60-56)58(4,5)6;;/h9-36,39H,1-8H3;1H3;/q-3;-1;+4. The van der Waals surface area contributed by atoms with Gasteiger partial charge in [0.15, 0.2) is 0 Å². The Hall–Kier alpha value is -6.42. The molecule has 1 aliphatic heterocycles. The zero-order chi connectivity index (χ0) is 44.4. The predicted molar refractivity (Wildman–Crippen MR) is 272 cm³/mol. The molecule has 9 aromatic rings. The van der Waals surface area contributed by atoms with Crippen molar-refractivity contribution >= 4 is 44.6 Å². The zero-order valence-electron chi connectivity index (χ0n) is 39.3. The van der Waals surface area contributed by atoms with Gasteiger partial charge in [0.05, 0.1) is 0 Å². The minimum atomic E-state index is -0.182. The second kappa shape index (κ2) is 17.8. The molecule has 5 nitrogen and oxygen atoms in total. The molecule has 332 valence electrons. The summed E-state index contributed by atoms with van der Waals surface area (Å²) in [5.74, 6) is 2.04. The van der Waals surface area contributed by atoms with E-state index in [1.165, 1.54) is 27.8 Å². The first-order valence-corrected chi connectivity index (χ1v) is 22.2. The van der Waals surface area contributed by atoms with Crippen LogP contribution >= 0.6 is 0 Å². The Morgan fingerprint density at radius 1 is 0.515 bits per heavy atom. The van der Waals surface area contributed by atoms with Gasteiger partial charge in [-0.25, -0.2) is 4.98 Å². The second-order valence-corrected chi connectivity index (χ2v) is 19.5. The molecule has 0 unspecified atom stereocenters. The van der Waals surface area contributed by atoms with Crippen LogP contribution in [0.3, 0.4) is 0 Å². The summed E-state index contributed by atoms with van der Waals surface area (Å²) in [4.78, 5) is 9.45. The van der Waals surface area contributed by atoms with Crippen molar-refractivity contribution in [2.75, 3.05) is 9.80 Å². The molecule has 0 spiro atoms. The number of rotatable bonds is 8. The first-order valence-electron chi connectivity index (χ1n) is 22.2. The molecule has 66 heavy (non-hydrogen) atoms. The minimum Gasteiger partial charge on any atom is -0.509 e. The number of fused-ring (bicyclic) bond motifs is 4. The summed E-state index contributed by atoms with van der Waals surface area (Å²) < 4.78 is 8.92. The fourth-order valence-electron chi connectivity index (χ4n) is 8.88.